The fourth-order valence-electron chi connectivity index (χ4n) is 2.36. The average Bonchev–Trinajstić information content (AvgIpc) is 2.58. The van der Waals surface area contributed by atoms with E-state index in [0.29, 0.717) is 23.2 Å². The fourth-order valence-corrected chi connectivity index (χ4v) is 3.44. The summed E-state index contributed by atoms with van der Waals surface area (Å²) in [5.41, 5.74) is 0.712. The Hall–Kier alpha value is -1.74. The normalized spacial score (nSPS) is 13.2. The highest BCUT2D eigenvalue weighted by atomic mass is 35.5. The zero-order valence-electron chi connectivity index (χ0n) is 15.2. The Kier molecular flexibility index (Phi) is 7.33. The van der Waals surface area contributed by atoms with Gasteiger partial charge in [0.25, 0.3) is 5.91 Å². The van der Waals surface area contributed by atoms with Crippen LogP contribution in [0.3, 0.4) is 0 Å². The van der Waals surface area contributed by atoms with Crippen molar-refractivity contribution in [1.82, 2.24) is 5.32 Å². The van der Waals surface area contributed by atoms with Gasteiger partial charge in [0, 0.05) is 10.6 Å². The third-order valence-electron chi connectivity index (χ3n) is 3.59. The van der Waals surface area contributed by atoms with E-state index in [1.807, 2.05) is 51.1 Å². The van der Waals surface area contributed by atoms with Crippen molar-refractivity contribution in [2.24, 2.45) is 0 Å². The van der Waals surface area contributed by atoms with E-state index in [0.717, 1.165) is 5.56 Å². The van der Waals surface area contributed by atoms with Gasteiger partial charge in [-0.2, -0.15) is 0 Å². The molecule has 0 aliphatic heterocycles. The molecule has 2 atom stereocenters. The number of benzene rings is 2. The number of carbonyl (C=O) groups excluding carboxylic acids is 1. The van der Waals surface area contributed by atoms with Crippen molar-refractivity contribution in [3.05, 3.63) is 65.2 Å². The molecule has 2 aromatic carbocycles. The molecule has 0 aromatic heterocycles. The van der Waals surface area contributed by atoms with Crippen LogP contribution in [0.15, 0.2) is 54.6 Å². The summed E-state index contributed by atoms with van der Waals surface area (Å²) in [4.78, 5) is 12.6. The number of nitrogens with one attached hydrogen (secondary N) is 1. The van der Waals surface area contributed by atoms with Gasteiger partial charge in [-0.1, -0.05) is 41.9 Å². The zero-order valence-corrected chi connectivity index (χ0v) is 16.9. The van der Waals surface area contributed by atoms with Gasteiger partial charge < -0.3 is 5.32 Å². The lowest BCUT2D eigenvalue weighted by Gasteiger charge is -2.22. The number of rotatable bonds is 7. The number of carbonyl (C=O) groups is 1. The summed E-state index contributed by atoms with van der Waals surface area (Å²) in [6.45, 7) is 5.70. The number of amides is 1. The molecular formula is C20H24ClNO3P+. The molecule has 2 unspecified atom stereocenters. The largest absolute Gasteiger partial charge is 0.549 e. The van der Waals surface area contributed by atoms with Crippen LogP contribution in [0, 0.1) is 0 Å². The summed E-state index contributed by atoms with van der Waals surface area (Å²) in [5.74, 6) is -0.259. The van der Waals surface area contributed by atoms with Crippen LogP contribution in [0.2, 0.25) is 5.02 Å². The SMILES string of the molecule is CC(C)(C)NC(=O)C(CCc1ccccc1)O[P+](=O)c1ccc(Cl)cc1. The quantitative estimate of drug-likeness (QED) is 0.698. The van der Waals surface area contributed by atoms with E-state index in [1.165, 1.54) is 0 Å². The molecule has 0 spiro atoms. The first-order valence-corrected chi connectivity index (χ1v) is 10.1. The molecular weight excluding hydrogens is 369 g/mol. The zero-order chi connectivity index (χ0) is 19.2. The molecule has 0 radical (unpaired) electrons. The Balaban J connectivity index is 2.09. The van der Waals surface area contributed by atoms with E-state index in [1.54, 1.807) is 24.3 Å². The lowest BCUT2D eigenvalue weighted by atomic mass is 10.0. The summed E-state index contributed by atoms with van der Waals surface area (Å²) in [6, 6.07) is 16.5. The standard InChI is InChI=1S/C20H23ClNO3P/c1-20(2,3)22-19(23)18(14-9-15-7-5-4-6-8-15)25-26(24)17-12-10-16(21)11-13-17/h4-8,10-13,18H,9,14H2,1-3H3/p+1. The minimum absolute atomic E-state index is 0.259. The smallest absolute Gasteiger partial charge is 0.349 e. The van der Waals surface area contributed by atoms with Crippen molar-refractivity contribution in [2.45, 2.75) is 45.3 Å². The van der Waals surface area contributed by atoms with Crippen LogP contribution in [0.4, 0.5) is 0 Å². The molecule has 0 aliphatic rings. The highest BCUT2D eigenvalue weighted by Gasteiger charge is 2.33. The predicted octanol–water partition coefficient (Wildman–Crippen LogP) is 4.64. The Morgan fingerprint density at radius 2 is 1.73 bits per heavy atom. The Labute approximate surface area is 160 Å². The molecule has 2 rings (SSSR count). The van der Waals surface area contributed by atoms with Crippen LogP contribution < -0.4 is 10.6 Å². The van der Waals surface area contributed by atoms with Crippen molar-refractivity contribution in [3.8, 4) is 0 Å². The minimum atomic E-state index is -2.15. The molecule has 0 saturated heterocycles. The summed E-state index contributed by atoms with van der Waals surface area (Å²) in [7, 11) is -2.15. The highest BCUT2D eigenvalue weighted by molar-refractivity contribution is 7.48. The number of halogens is 1. The van der Waals surface area contributed by atoms with E-state index in [9.17, 15) is 9.36 Å². The minimum Gasteiger partial charge on any atom is -0.349 e. The lowest BCUT2D eigenvalue weighted by Crippen LogP contribution is -2.46. The molecule has 4 nitrogen and oxygen atoms in total. The monoisotopic (exact) mass is 392 g/mol. The van der Waals surface area contributed by atoms with Gasteiger partial charge in [-0.25, -0.2) is 0 Å². The molecule has 6 heteroatoms. The first-order chi connectivity index (χ1) is 12.2. The molecule has 138 valence electrons. The van der Waals surface area contributed by atoms with Crippen LogP contribution in [0.5, 0.6) is 0 Å². The molecule has 0 fully saturated rings. The molecule has 2 aromatic rings. The first kappa shape index (κ1) is 20.6. The van der Waals surface area contributed by atoms with Gasteiger partial charge in [0.2, 0.25) is 5.30 Å². The second-order valence-corrected chi connectivity index (χ2v) is 8.77. The van der Waals surface area contributed by atoms with Crippen molar-refractivity contribution >= 4 is 30.8 Å². The van der Waals surface area contributed by atoms with Gasteiger partial charge in [-0.3, -0.25) is 4.79 Å². The van der Waals surface area contributed by atoms with E-state index in [2.05, 4.69) is 5.32 Å². The third kappa shape index (κ3) is 6.87. The van der Waals surface area contributed by atoms with Gasteiger partial charge >= 0.3 is 8.03 Å². The molecule has 0 heterocycles. The summed E-state index contributed by atoms with van der Waals surface area (Å²) >= 11 is 5.86. The Morgan fingerprint density at radius 3 is 2.31 bits per heavy atom. The van der Waals surface area contributed by atoms with Crippen molar-refractivity contribution in [3.63, 3.8) is 0 Å². The molecule has 26 heavy (non-hydrogen) atoms. The van der Waals surface area contributed by atoms with Crippen LogP contribution in [-0.4, -0.2) is 17.6 Å². The van der Waals surface area contributed by atoms with Crippen LogP contribution in [-0.2, 0) is 20.3 Å². The molecule has 1 amide bonds. The average molecular weight is 393 g/mol. The van der Waals surface area contributed by atoms with Crippen LogP contribution in [0.1, 0.15) is 32.8 Å². The van der Waals surface area contributed by atoms with E-state index in [-0.39, 0.29) is 5.91 Å². The lowest BCUT2D eigenvalue weighted by molar-refractivity contribution is -0.129. The summed E-state index contributed by atoms with van der Waals surface area (Å²) in [5, 5.41) is 3.98. The highest BCUT2D eigenvalue weighted by Crippen LogP contribution is 2.27. The van der Waals surface area contributed by atoms with E-state index >= 15 is 0 Å². The predicted molar refractivity (Wildman–Crippen MR) is 106 cm³/mol. The summed E-state index contributed by atoms with van der Waals surface area (Å²) < 4.78 is 18.2. The van der Waals surface area contributed by atoms with Gasteiger partial charge in [-0.05, 0) is 68.0 Å². The second kappa shape index (κ2) is 9.27. The Morgan fingerprint density at radius 1 is 1.12 bits per heavy atom. The van der Waals surface area contributed by atoms with Gasteiger partial charge in [-0.15, -0.1) is 4.52 Å². The van der Waals surface area contributed by atoms with Gasteiger partial charge in [0.15, 0.2) is 6.10 Å². The molecule has 0 saturated carbocycles. The third-order valence-corrected chi connectivity index (χ3v) is 5.01. The van der Waals surface area contributed by atoms with E-state index in [4.69, 9.17) is 16.1 Å². The Bertz CT molecular complexity index is 742. The maximum atomic E-state index is 12.6. The van der Waals surface area contributed by atoms with Gasteiger partial charge in [0.1, 0.15) is 0 Å². The maximum absolute atomic E-state index is 12.6. The molecule has 1 N–H and O–H groups in total. The fraction of sp³-hybridized carbons (Fsp3) is 0.350. The van der Waals surface area contributed by atoms with Crippen LogP contribution in [0.25, 0.3) is 0 Å². The molecule has 0 aliphatic carbocycles. The van der Waals surface area contributed by atoms with Crippen molar-refractivity contribution in [1.29, 1.82) is 0 Å². The molecule has 0 bridgehead atoms. The van der Waals surface area contributed by atoms with E-state index < -0.39 is 19.7 Å². The van der Waals surface area contributed by atoms with Crippen molar-refractivity contribution in [2.75, 3.05) is 0 Å². The summed E-state index contributed by atoms with van der Waals surface area (Å²) in [6.07, 6.45) is 0.307. The first-order valence-electron chi connectivity index (χ1n) is 8.50. The van der Waals surface area contributed by atoms with Gasteiger partial charge in [0.05, 0.1) is 0 Å². The topological polar surface area (TPSA) is 55.4 Å². The van der Waals surface area contributed by atoms with Crippen molar-refractivity contribution < 1.29 is 13.9 Å². The number of hydrogen-bond donors (Lipinski definition) is 1. The number of aryl methyl sites for hydroxylation is 1. The van der Waals surface area contributed by atoms with Crippen LogP contribution >= 0.6 is 19.6 Å². The maximum Gasteiger partial charge on any atom is 0.549 e. The number of hydrogen-bond acceptors (Lipinski definition) is 3. The second-order valence-electron chi connectivity index (χ2n) is 7.09.